The number of nitrogens with zero attached hydrogens (tertiary/aromatic N) is 2. The molecule has 2 heterocycles. The second-order valence-electron chi connectivity index (χ2n) is 7.86. The van der Waals surface area contributed by atoms with Crippen LogP contribution in [-0.2, 0) is 6.61 Å². The monoisotopic (exact) mass is 473 g/mol. The van der Waals surface area contributed by atoms with Crippen molar-refractivity contribution in [3.05, 3.63) is 95.2 Å². The molecule has 8 nitrogen and oxygen atoms in total. The van der Waals surface area contributed by atoms with Gasteiger partial charge < -0.3 is 23.6 Å². The van der Waals surface area contributed by atoms with Crippen molar-refractivity contribution in [2.45, 2.75) is 27.4 Å². The molecule has 0 aliphatic carbocycles. The number of phenolic OH excluding ortho intramolecular Hbond substituents is 1. The molecule has 2 aromatic heterocycles. The molecule has 8 heteroatoms. The number of aromatic hydroxyl groups is 1. The zero-order chi connectivity index (χ0) is 24.8. The van der Waals surface area contributed by atoms with E-state index in [0.29, 0.717) is 29.4 Å². The fourth-order valence-electron chi connectivity index (χ4n) is 3.60. The Bertz CT molecular complexity index is 1320. The van der Waals surface area contributed by atoms with Crippen LogP contribution in [-0.4, -0.2) is 28.4 Å². The molecule has 0 saturated carbocycles. The molecule has 2 N–H and O–H groups in total. The van der Waals surface area contributed by atoms with Crippen molar-refractivity contribution >= 4 is 12.1 Å². The van der Waals surface area contributed by atoms with Crippen molar-refractivity contribution in [1.82, 2.24) is 9.99 Å². The molecule has 180 valence electrons. The van der Waals surface area contributed by atoms with E-state index in [2.05, 4.69) is 41.1 Å². The first-order chi connectivity index (χ1) is 16.9. The molecule has 0 radical (unpaired) electrons. The van der Waals surface area contributed by atoms with E-state index in [1.54, 1.807) is 24.3 Å². The van der Waals surface area contributed by atoms with E-state index in [1.165, 1.54) is 23.7 Å². The fourth-order valence-corrected chi connectivity index (χ4v) is 3.60. The van der Waals surface area contributed by atoms with Gasteiger partial charge in [0.15, 0.2) is 17.3 Å². The van der Waals surface area contributed by atoms with Crippen LogP contribution in [0.1, 0.15) is 40.2 Å². The molecule has 4 aromatic rings. The first-order valence-electron chi connectivity index (χ1n) is 11.2. The average molecular weight is 474 g/mol. The van der Waals surface area contributed by atoms with Crippen LogP contribution < -0.4 is 14.9 Å². The molecule has 0 atom stereocenters. The number of ether oxygens (including phenoxy) is 2. The highest BCUT2D eigenvalue weighted by molar-refractivity contribution is 5.92. The Labute approximate surface area is 203 Å². The number of hydrogen-bond donors (Lipinski definition) is 2. The van der Waals surface area contributed by atoms with Crippen molar-refractivity contribution < 1.29 is 23.8 Å². The maximum atomic E-state index is 12.3. The van der Waals surface area contributed by atoms with Crippen molar-refractivity contribution in [3.63, 3.8) is 0 Å². The third-order valence-corrected chi connectivity index (χ3v) is 5.30. The van der Waals surface area contributed by atoms with Gasteiger partial charge in [-0.05, 0) is 93.1 Å². The third-order valence-electron chi connectivity index (χ3n) is 5.30. The summed E-state index contributed by atoms with van der Waals surface area (Å²) in [5, 5.41) is 13.7. The number of benzene rings is 2. The van der Waals surface area contributed by atoms with Gasteiger partial charge in [-0.15, -0.1) is 0 Å². The van der Waals surface area contributed by atoms with Gasteiger partial charge in [0.2, 0.25) is 0 Å². The van der Waals surface area contributed by atoms with Gasteiger partial charge in [-0.3, -0.25) is 4.79 Å². The zero-order valence-electron chi connectivity index (χ0n) is 19.8. The summed E-state index contributed by atoms with van der Waals surface area (Å²) in [6.07, 6.45) is 1.45. The highest BCUT2D eigenvalue weighted by Gasteiger charge is 2.11. The van der Waals surface area contributed by atoms with Gasteiger partial charge in [0.05, 0.1) is 12.8 Å². The Morgan fingerprint density at radius 3 is 2.49 bits per heavy atom. The maximum Gasteiger partial charge on any atom is 0.307 e. The van der Waals surface area contributed by atoms with E-state index in [0.717, 1.165) is 5.69 Å². The summed E-state index contributed by atoms with van der Waals surface area (Å²) in [5.74, 6) is 1.24. The molecule has 35 heavy (non-hydrogen) atoms. The van der Waals surface area contributed by atoms with Crippen LogP contribution in [0.4, 0.5) is 0 Å². The van der Waals surface area contributed by atoms with Crippen LogP contribution in [0, 0.1) is 13.8 Å². The number of hydrogen-bond acceptors (Lipinski definition) is 6. The average Bonchev–Trinajstić information content (AvgIpc) is 3.46. The zero-order valence-corrected chi connectivity index (χ0v) is 19.8. The molecule has 2 aromatic carbocycles. The molecule has 0 aliphatic heterocycles. The highest BCUT2D eigenvalue weighted by atomic mass is 16.5. The fraction of sp³-hybridized carbons (Fsp3) is 0.185. The second-order valence-corrected chi connectivity index (χ2v) is 7.86. The smallest absolute Gasteiger partial charge is 0.307 e. The third kappa shape index (κ3) is 5.73. The summed E-state index contributed by atoms with van der Waals surface area (Å²) in [5.41, 5.74) is 6.48. The minimum absolute atomic E-state index is 0.0420. The SMILES string of the molecule is CCOc1cc(/C=N/NC(=O)c2ccc(COc3ccc(-n4c(C)ccc4C)cc3)o2)ccc1O. The van der Waals surface area contributed by atoms with Crippen LogP contribution in [0.25, 0.3) is 5.69 Å². The number of aryl methyl sites for hydroxylation is 2. The second kappa shape index (κ2) is 10.6. The molecule has 1 amide bonds. The summed E-state index contributed by atoms with van der Waals surface area (Å²) in [7, 11) is 0. The normalized spacial score (nSPS) is 11.1. The number of nitrogens with one attached hydrogen (secondary N) is 1. The summed E-state index contributed by atoms with van der Waals surface area (Å²) in [4.78, 5) is 12.3. The van der Waals surface area contributed by atoms with Crippen molar-refractivity contribution in [2.24, 2.45) is 5.10 Å². The van der Waals surface area contributed by atoms with E-state index < -0.39 is 5.91 Å². The predicted molar refractivity (Wildman–Crippen MR) is 133 cm³/mol. The number of carbonyl (C=O) groups is 1. The lowest BCUT2D eigenvalue weighted by Crippen LogP contribution is -2.16. The lowest BCUT2D eigenvalue weighted by atomic mass is 10.2. The summed E-state index contributed by atoms with van der Waals surface area (Å²) < 4.78 is 18.9. The largest absolute Gasteiger partial charge is 0.504 e. The highest BCUT2D eigenvalue weighted by Crippen LogP contribution is 2.26. The predicted octanol–water partition coefficient (Wildman–Crippen LogP) is 5.13. The van der Waals surface area contributed by atoms with Gasteiger partial charge in [-0.25, -0.2) is 5.43 Å². The molecule has 0 aliphatic rings. The lowest BCUT2D eigenvalue weighted by Gasteiger charge is -2.10. The maximum absolute atomic E-state index is 12.3. The molecule has 0 saturated heterocycles. The van der Waals surface area contributed by atoms with E-state index in [9.17, 15) is 9.90 Å². The van der Waals surface area contributed by atoms with Crippen LogP contribution in [0.2, 0.25) is 0 Å². The number of amides is 1. The number of phenols is 1. The van der Waals surface area contributed by atoms with Gasteiger partial charge >= 0.3 is 5.91 Å². The van der Waals surface area contributed by atoms with Gasteiger partial charge in [-0.2, -0.15) is 5.10 Å². The van der Waals surface area contributed by atoms with Gasteiger partial charge in [0, 0.05) is 17.1 Å². The molecule has 0 fully saturated rings. The minimum atomic E-state index is -0.488. The van der Waals surface area contributed by atoms with Gasteiger partial charge in [0.1, 0.15) is 18.1 Å². The van der Waals surface area contributed by atoms with E-state index in [-0.39, 0.29) is 18.1 Å². The van der Waals surface area contributed by atoms with E-state index >= 15 is 0 Å². The minimum Gasteiger partial charge on any atom is -0.504 e. The first kappa shape index (κ1) is 23.7. The van der Waals surface area contributed by atoms with Crippen LogP contribution in [0.5, 0.6) is 17.2 Å². The van der Waals surface area contributed by atoms with Crippen molar-refractivity contribution in [3.8, 4) is 22.9 Å². The Kier molecular flexibility index (Phi) is 7.21. The molecule has 4 rings (SSSR count). The molecule has 0 bridgehead atoms. The van der Waals surface area contributed by atoms with E-state index in [4.69, 9.17) is 13.9 Å². The topological polar surface area (TPSA) is 98.2 Å². The van der Waals surface area contributed by atoms with Crippen LogP contribution in [0.15, 0.2) is 76.2 Å². The van der Waals surface area contributed by atoms with Crippen molar-refractivity contribution in [1.29, 1.82) is 0 Å². The molecule has 0 unspecified atom stereocenters. The van der Waals surface area contributed by atoms with E-state index in [1.807, 2.05) is 31.2 Å². The Morgan fingerprint density at radius 1 is 1.03 bits per heavy atom. The molecule has 0 spiro atoms. The summed E-state index contributed by atoms with van der Waals surface area (Å²) in [6.45, 7) is 6.57. The van der Waals surface area contributed by atoms with Crippen molar-refractivity contribution in [2.75, 3.05) is 6.61 Å². The number of rotatable bonds is 9. The summed E-state index contributed by atoms with van der Waals surface area (Å²) >= 11 is 0. The Balaban J connectivity index is 1.31. The van der Waals surface area contributed by atoms with Crippen LogP contribution in [0.3, 0.4) is 0 Å². The first-order valence-corrected chi connectivity index (χ1v) is 11.2. The quantitative estimate of drug-likeness (QED) is 0.259. The van der Waals surface area contributed by atoms with Gasteiger partial charge in [0.25, 0.3) is 0 Å². The van der Waals surface area contributed by atoms with Gasteiger partial charge in [-0.1, -0.05) is 0 Å². The summed E-state index contributed by atoms with van der Waals surface area (Å²) in [6, 6.07) is 20.0. The number of furan rings is 1. The number of carbonyl (C=O) groups excluding carboxylic acids is 1. The molecular weight excluding hydrogens is 446 g/mol. The lowest BCUT2D eigenvalue weighted by molar-refractivity contribution is 0.0923. The number of hydrazone groups is 1. The van der Waals surface area contributed by atoms with Crippen LogP contribution >= 0.6 is 0 Å². The standard InChI is InChI=1S/C27H27N3O5/c1-4-33-26-15-20(7-13-24(26)31)16-28-29-27(32)25-14-12-23(35-25)17-34-22-10-8-21(9-11-22)30-18(2)5-6-19(30)3/h5-16,31H,4,17H2,1-3H3,(H,29,32)/b28-16+. The Morgan fingerprint density at radius 2 is 1.77 bits per heavy atom. The Hall–Kier alpha value is -4.46. The molecular formula is C27H27N3O5. The number of aromatic nitrogens is 1.